The standard InChI is InChI=1S/C18H17N3O2/c1-13(14-8-4-2-5-9-14)19-16-12-23-18(22)17(16)21-20-15-10-6-3-7-11-15/h2-11,13,20H,12H2,1H3/b19-16?,21-17-/t13-/m0/s1. The van der Waals surface area contributed by atoms with Crippen LogP contribution in [-0.2, 0) is 9.53 Å². The Morgan fingerprint density at radius 3 is 2.39 bits per heavy atom. The maximum absolute atomic E-state index is 11.9. The number of nitrogens with zero attached hydrogens (tertiary/aromatic N) is 2. The third-order valence-corrected chi connectivity index (χ3v) is 3.51. The Bertz CT molecular complexity index is 739. The number of cyclic esters (lactones) is 1. The number of hydrogen-bond acceptors (Lipinski definition) is 5. The van der Waals surface area contributed by atoms with Gasteiger partial charge in [0, 0.05) is 0 Å². The number of benzene rings is 2. The van der Waals surface area contributed by atoms with Crippen LogP contribution in [-0.4, -0.2) is 24.0 Å². The van der Waals surface area contributed by atoms with Gasteiger partial charge in [0.2, 0.25) is 0 Å². The molecule has 0 aromatic heterocycles. The lowest BCUT2D eigenvalue weighted by Crippen LogP contribution is -2.18. The molecule has 2 aromatic carbocycles. The number of esters is 1. The van der Waals surface area contributed by atoms with Gasteiger partial charge in [-0.1, -0.05) is 48.5 Å². The molecular formula is C18H17N3O2. The van der Waals surface area contributed by atoms with Gasteiger partial charge in [0.05, 0.1) is 11.7 Å². The molecule has 1 aliphatic heterocycles. The highest BCUT2D eigenvalue weighted by Gasteiger charge is 2.29. The summed E-state index contributed by atoms with van der Waals surface area (Å²) in [6.07, 6.45) is 0. The van der Waals surface area contributed by atoms with Crippen LogP contribution >= 0.6 is 0 Å². The molecule has 23 heavy (non-hydrogen) atoms. The molecule has 0 aliphatic carbocycles. The highest BCUT2D eigenvalue weighted by molar-refractivity contribution is 6.68. The van der Waals surface area contributed by atoms with Crippen molar-refractivity contribution in [2.24, 2.45) is 10.1 Å². The minimum absolute atomic E-state index is 0.0670. The van der Waals surface area contributed by atoms with Gasteiger partial charge in [-0.2, -0.15) is 5.10 Å². The van der Waals surface area contributed by atoms with Gasteiger partial charge >= 0.3 is 5.97 Å². The molecule has 0 amide bonds. The van der Waals surface area contributed by atoms with Crippen molar-refractivity contribution in [3.63, 3.8) is 0 Å². The van der Waals surface area contributed by atoms with E-state index in [-0.39, 0.29) is 18.4 Å². The molecule has 2 aromatic rings. The fourth-order valence-electron chi connectivity index (χ4n) is 2.27. The minimum atomic E-state index is -0.451. The third kappa shape index (κ3) is 3.63. The SMILES string of the molecule is C[C@H](N=C1COC(=O)/C1=N\Nc1ccccc1)c1ccccc1. The molecule has 0 saturated carbocycles. The summed E-state index contributed by atoms with van der Waals surface area (Å²) in [5.41, 5.74) is 5.54. The van der Waals surface area contributed by atoms with Crippen molar-refractivity contribution in [1.29, 1.82) is 0 Å². The molecule has 0 unspecified atom stereocenters. The van der Waals surface area contributed by atoms with E-state index >= 15 is 0 Å². The Balaban J connectivity index is 1.80. The third-order valence-electron chi connectivity index (χ3n) is 3.51. The first-order valence-electron chi connectivity index (χ1n) is 7.42. The Labute approximate surface area is 134 Å². The van der Waals surface area contributed by atoms with E-state index in [2.05, 4.69) is 15.5 Å². The van der Waals surface area contributed by atoms with Crippen LogP contribution in [0.1, 0.15) is 18.5 Å². The topological polar surface area (TPSA) is 63.0 Å². The molecule has 0 spiro atoms. The lowest BCUT2D eigenvalue weighted by molar-refractivity contribution is -0.132. The van der Waals surface area contributed by atoms with Gasteiger partial charge in [-0.15, -0.1) is 0 Å². The van der Waals surface area contributed by atoms with E-state index in [9.17, 15) is 4.79 Å². The largest absolute Gasteiger partial charge is 0.454 e. The van der Waals surface area contributed by atoms with Gasteiger partial charge in [0.15, 0.2) is 5.71 Å². The summed E-state index contributed by atoms with van der Waals surface area (Å²) in [6.45, 7) is 2.14. The fourth-order valence-corrected chi connectivity index (χ4v) is 2.27. The molecule has 3 rings (SSSR count). The molecule has 1 heterocycles. The predicted octanol–water partition coefficient (Wildman–Crippen LogP) is 3.21. The van der Waals surface area contributed by atoms with E-state index < -0.39 is 5.97 Å². The second-order valence-electron chi connectivity index (χ2n) is 5.18. The van der Waals surface area contributed by atoms with Gasteiger partial charge in [0.1, 0.15) is 12.3 Å². The van der Waals surface area contributed by atoms with Crippen molar-refractivity contribution in [2.75, 3.05) is 12.0 Å². The second-order valence-corrected chi connectivity index (χ2v) is 5.18. The van der Waals surface area contributed by atoms with Gasteiger partial charge < -0.3 is 4.74 Å². The average molecular weight is 307 g/mol. The monoisotopic (exact) mass is 307 g/mol. The van der Waals surface area contributed by atoms with Gasteiger partial charge in [-0.3, -0.25) is 10.4 Å². The van der Waals surface area contributed by atoms with Crippen LogP contribution in [0.2, 0.25) is 0 Å². The number of para-hydroxylation sites is 1. The van der Waals surface area contributed by atoms with Crippen molar-refractivity contribution < 1.29 is 9.53 Å². The average Bonchev–Trinajstić information content (AvgIpc) is 2.94. The number of carbonyl (C=O) groups excluding carboxylic acids is 1. The van der Waals surface area contributed by atoms with E-state index in [1.165, 1.54) is 0 Å². The van der Waals surface area contributed by atoms with Crippen LogP contribution in [0.3, 0.4) is 0 Å². The molecule has 1 atom stereocenters. The zero-order valence-corrected chi connectivity index (χ0v) is 12.8. The van der Waals surface area contributed by atoms with Crippen molar-refractivity contribution in [3.8, 4) is 0 Å². The van der Waals surface area contributed by atoms with E-state index in [4.69, 9.17) is 4.74 Å². The zero-order chi connectivity index (χ0) is 16.1. The molecule has 1 fully saturated rings. The summed E-state index contributed by atoms with van der Waals surface area (Å²) in [7, 11) is 0. The first-order chi connectivity index (χ1) is 11.2. The minimum Gasteiger partial charge on any atom is -0.454 e. The van der Waals surface area contributed by atoms with Crippen LogP contribution < -0.4 is 5.43 Å². The van der Waals surface area contributed by atoms with E-state index in [0.717, 1.165) is 11.3 Å². The summed E-state index contributed by atoms with van der Waals surface area (Å²) >= 11 is 0. The Morgan fingerprint density at radius 2 is 1.70 bits per heavy atom. The molecule has 1 N–H and O–H groups in total. The Morgan fingerprint density at radius 1 is 1.04 bits per heavy atom. The smallest absolute Gasteiger partial charge is 0.361 e. The fraction of sp³-hybridized carbons (Fsp3) is 0.167. The molecular weight excluding hydrogens is 290 g/mol. The number of nitrogens with one attached hydrogen (secondary N) is 1. The second kappa shape index (κ2) is 6.87. The number of hydrazone groups is 1. The lowest BCUT2D eigenvalue weighted by Gasteiger charge is -2.07. The first-order valence-corrected chi connectivity index (χ1v) is 7.42. The van der Waals surface area contributed by atoms with Crippen molar-refractivity contribution >= 4 is 23.1 Å². The first kappa shape index (κ1) is 15.0. The Hall–Kier alpha value is -2.95. The van der Waals surface area contributed by atoms with Crippen LogP contribution in [0.15, 0.2) is 70.8 Å². The summed E-state index contributed by atoms with van der Waals surface area (Å²) in [5.74, 6) is -0.451. The molecule has 0 bridgehead atoms. The van der Waals surface area contributed by atoms with Gasteiger partial charge in [-0.05, 0) is 24.6 Å². The summed E-state index contributed by atoms with van der Waals surface area (Å²) in [6, 6.07) is 19.3. The molecule has 1 saturated heterocycles. The zero-order valence-electron chi connectivity index (χ0n) is 12.8. The van der Waals surface area contributed by atoms with E-state index in [0.29, 0.717) is 5.71 Å². The van der Waals surface area contributed by atoms with E-state index in [1.807, 2.05) is 67.6 Å². The number of rotatable bonds is 4. The number of aliphatic imine (C=N–C) groups is 1. The number of hydrogen-bond donors (Lipinski definition) is 1. The highest BCUT2D eigenvalue weighted by Crippen LogP contribution is 2.18. The van der Waals surface area contributed by atoms with Crippen molar-refractivity contribution in [1.82, 2.24) is 0 Å². The number of anilines is 1. The molecule has 5 nitrogen and oxygen atoms in total. The molecule has 116 valence electrons. The van der Waals surface area contributed by atoms with Crippen LogP contribution in [0.25, 0.3) is 0 Å². The van der Waals surface area contributed by atoms with Crippen molar-refractivity contribution in [3.05, 3.63) is 66.2 Å². The normalized spacial score (nSPS) is 18.9. The van der Waals surface area contributed by atoms with E-state index in [1.54, 1.807) is 0 Å². The quantitative estimate of drug-likeness (QED) is 0.697. The van der Waals surface area contributed by atoms with Crippen LogP contribution in [0.5, 0.6) is 0 Å². The molecule has 0 radical (unpaired) electrons. The maximum Gasteiger partial charge on any atom is 0.361 e. The van der Waals surface area contributed by atoms with Gasteiger partial charge in [0.25, 0.3) is 0 Å². The van der Waals surface area contributed by atoms with Crippen LogP contribution in [0, 0.1) is 0 Å². The maximum atomic E-state index is 11.9. The summed E-state index contributed by atoms with van der Waals surface area (Å²) < 4.78 is 5.06. The molecule has 5 heteroatoms. The summed E-state index contributed by atoms with van der Waals surface area (Å²) in [4.78, 5) is 16.4. The lowest BCUT2D eigenvalue weighted by atomic mass is 10.1. The van der Waals surface area contributed by atoms with Gasteiger partial charge in [-0.25, -0.2) is 4.79 Å². The van der Waals surface area contributed by atoms with Crippen LogP contribution in [0.4, 0.5) is 5.69 Å². The Kier molecular flexibility index (Phi) is 4.47. The summed E-state index contributed by atoms with van der Waals surface area (Å²) in [5, 5.41) is 4.16. The predicted molar refractivity (Wildman–Crippen MR) is 90.8 cm³/mol. The number of ether oxygens (including phenoxy) is 1. The highest BCUT2D eigenvalue weighted by atomic mass is 16.5. The molecule has 1 aliphatic rings. The van der Waals surface area contributed by atoms with Crippen molar-refractivity contribution in [2.45, 2.75) is 13.0 Å². The number of carbonyl (C=O) groups is 1.